The van der Waals surface area contributed by atoms with Gasteiger partial charge in [-0.25, -0.2) is 8.42 Å². The molecule has 0 bridgehead atoms. The molecule has 0 radical (unpaired) electrons. The number of hydrogen-bond acceptors (Lipinski definition) is 6. The second-order valence-electron chi connectivity index (χ2n) is 8.19. The monoisotopic (exact) mass is 466 g/mol. The number of sulfonamides is 1. The van der Waals surface area contributed by atoms with E-state index in [9.17, 15) is 18.0 Å². The van der Waals surface area contributed by atoms with E-state index in [1.165, 1.54) is 4.31 Å². The normalized spacial score (nSPS) is 22.5. The number of carbonyl (C=O) groups is 2. The molecule has 10 heteroatoms. The standard InChI is InChI=1S/C22H34N4O5S/c27-21-9-13-26(32(29,30)20-6-2-1-3-7-20)12-4-5-19(8-10-23-21)22(28)24-11-14-25-15-17-31-18-16-25/h1-3,6-7,19H,4-5,8-18H2,(H,23,27)(H,24,28). The number of rotatable bonds is 6. The van der Waals surface area contributed by atoms with E-state index in [0.29, 0.717) is 32.4 Å². The van der Waals surface area contributed by atoms with Gasteiger partial charge < -0.3 is 15.4 Å². The van der Waals surface area contributed by atoms with Crippen molar-refractivity contribution in [2.45, 2.75) is 30.6 Å². The van der Waals surface area contributed by atoms with Gasteiger partial charge in [0, 0.05) is 58.2 Å². The van der Waals surface area contributed by atoms with Crippen LogP contribution < -0.4 is 10.6 Å². The molecule has 2 saturated heterocycles. The van der Waals surface area contributed by atoms with E-state index in [0.717, 1.165) is 32.8 Å². The molecule has 32 heavy (non-hydrogen) atoms. The minimum Gasteiger partial charge on any atom is -0.379 e. The number of benzene rings is 1. The minimum atomic E-state index is -3.69. The largest absolute Gasteiger partial charge is 0.379 e. The van der Waals surface area contributed by atoms with Crippen molar-refractivity contribution in [1.82, 2.24) is 19.8 Å². The SMILES string of the molecule is O=C1CCN(S(=O)(=O)c2ccccc2)CCCC(C(=O)NCCN2CCOCC2)CCN1. The Morgan fingerprint density at radius 2 is 1.84 bits per heavy atom. The van der Waals surface area contributed by atoms with E-state index < -0.39 is 10.0 Å². The zero-order valence-electron chi connectivity index (χ0n) is 18.5. The van der Waals surface area contributed by atoms with E-state index in [4.69, 9.17) is 4.74 Å². The molecule has 1 atom stereocenters. The molecule has 2 amide bonds. The first-order chi connectivity index (χ1) is 15.5. The Morgan fingerprint density at radius 1 is 1.09 bits per heavy atom. The Bertz CT molecular complexity index is 843. The second kappa shape index (κ2) is 12.3. The molecule has 1 unspecified atom stereocenters. The first-order valence-electron chi connectivity index (χ1n) is 11.4. The third-order valence-electron chi connectivity index (χ3n) is 5.95. The highest BCUT2D eigenvalue weighted by Crippen LogP contribution is 2.19. The summed E-state index contributed by atoms with van der Waals surface area (Å²) in [5.74, 6) is -0.504. The molecular weight excluding hydrogens is 432 g/mol. The number of morpholine rings is 1. The minimum absolute atomic E-state index is 0.0378. The van der Waals surface area contributed by atoms with E-state index in [2.05, 4.69) is 15.5 Å². The van der Waals surface area contributed by atoms with Crippen LogP contribution in [0.4, 0.5) is 0 Å². The summed E-state index contributed by atoms with van der Waals surface area (Å²) in [4.78, 5) is 27.4. The van der Waals surface area contributed by atoms with E-state index >= 15 is 0 Å². The summed E-state index contributed by atoms with van der Waals surface area (Å²) in [5.41, 5.74) is 0. The lowest BCUT2D eigenvalue weighted by molar-refractivity contribution is -0.126. The summed E-state index contributed by atoms with van der Waals surface area (Å²) in [6.07, 6.45) is 1.77. The van der Waals surface area contributed by atoms with Gasteiger partial charge in [0.1, 0.15) is 0 Å². The predicted octanol–water partition coefficient (Wildman–Crippen LogP) is 0.432. The molecule has 178 valence electrons. The number of nitrogens with zero attached hydrogens (tertiary/aromatic N) is 2. The van der Waals surface area contributed by atoms with Gasteiger partial charge in [0.15, 0.2) is 0 Å². The maximum Gasteiger partial charge on any atom is 0.243 e. The molecule has 1 aromatic carbocycles. The summed E-state index contributed by atoms with van der Waals surface area (Å²) >= 11 is 0. The molecule has 3 rings (SSSR count). The Labute approximate surface area is 190 Å². The second-order valence-corrected chi connectivity index (χ2v) is 10.1. The molecule has 0 aromatic heterocycles. The summed E-state index contributed by atoms with van der Waals surface area (Å²) in [6, 6.07) is 8.25. The van der Waals surface area contributed by atoms with Crippen LogP contribution in [0.15, 0.2) is 35.2 Å². The van der Waals surface area contributed by atoms with Crippen molar-refractivity contribution in [1.29, 1.82) is 0 Å². The highest BCUT2D eigenvalue weighted by atomic mass is 32.2. The van der Waals surface area contributed by atoms with Crippen molar-refractivity contribution >= 4 is 21.8 Å². The van der Waals surface area contributed by atoms with Crippen LogP contribution in [0.3, 0.4) is 0 Å². The zero-order chi connectivity index (χ0) is 22.8. The Hall–Kier alpha value is -2.01. The Morgan fingerprint density at radius 3 is 2.59 bits per heavy atom. The lowest BCUT2D eigenvalue weighted by Gasteiger charge is -2.27. The van der Waals surface area contributed by atoms with Crippen molar-refractivity contribution in [2.24, 2.45) is 5.92 Å². The summed E-state index contributed by atoms with van der Waals surface area (Å²) in [7, 11) is -3.69. The molecule has 2 aliphatic rings. The molecular formula is C22H34N4O5S. The molecule has 1 aromatic rings. The van der Waals surface area contributed by atoms with Crippen LogP contribution in [-0.4, -0.2) is 88.5 Å². The fourth-order valence-electron chi connectivity index (χ4n) is 4.02. The van der Waals surface area contributed by atoms with Crippen LogP contribution in [0.5, 0.6) is 0 Å². The Kier molecular flexibility index (Phi) is 9.46. The number of ether oxygens (including phenoxy) is 1. The predicted molar refractivity (Wildman–Crippen MR) is 120 cm³/mol. The lowest BCUT2D eigenvalue weighted by atomic mass is 9.98. The highest BCUT2D eigenvalue weighted by Gasteiger charge is 2.27. The van der Waals surface area contributed by atoms with Crippen LogP contribution in [0, 0.1) is 5.92 Å². The van der Waals surface area contributed by atoms with Gasteiger partial charge in [-0.2, -0.15) is 4.31 Å². The first-order valence-corrected chi connectivity index (χ1v) is 12.8. The highest BCUT2D eigenvalue weighted by molar-refractivity contribution is 7.89. The van der Waals surface area contributed by atoms with E-state index in [1.807, 2.05) is 0 Å². The molecule has 9 nitrogen and oxygen atoms in total. The third kappa shape index (κ3) is 7.26. The molecule has 2 N–H and O–H groups in total. The van der Waals surface area contributed by atoms with Crippen LogP contribution in [0.25, 0.3) is 0 Å². The lowest BCUT2D eigenvalue weighted by Crippen LogP contribution is -2.42. The summed E-state index contributed by atoms with van der Waals surface area (Å²) < 4.78 is 32.8. The van der Waals surface area contributed by atoms with Crippen LogP contribution >= 0.6 is 0 Å². The fourth-order valence-corrected chi connectivity index (χ4v) is 5.52. The van der Waals surface area contributed by atoms with Crippen molar-refractivity contribution in [2.75, 3.05) is 59.0 Å². The number of nitrogens with one attached hydrogen (secondary N) is 2. The van der Waals surface area contributed by atoms with E-state index in [-0.39, 0.29) is 42.1 Å². The first kappa shape index (κ1) is 24.6. The zero-order valence-corrected chi connectivity index (χ0v) is 19.3. The quantitative estimate of drug-likeness (QED) is 0.630. The van der Waals surface area contributed by atoms with Gasteiger partial charge in [-0.15, -0.1) is 0 Å². The van der Waals surface area contributed by atoms with E-state index in [1.54, 1.807) is 30.3 Å². The summed E-state index contributed by atoms with van der Waals surface area (Å²) in [6.45, 7) is 5.34. The average molecular weight is 467 g/mol. The Balaban J connectivity index is 1.57. The fraction of sp³-hybridized carbons (Fsp3) is 0.636. The van der Waals surface area contributed by atoms with Crippen molar-refractivity contribution in [3.05, 3.63) is 30.3 Å². The van der Waals surface area contributed by atoms with Crippen LogP contribution in [0.2, 0.25) is 0 Å². The van der Waals surface area contributed by atoms with Crippen molar-refractivity contribution < 1.29 is 22.7 Å². The van der Waals surface area contributed by atoms with Gasteiger partial charge in [0.05, 0.1) is 18.1 Å². The number of amides is 2. The van der Waals surface area contributed by atoms with Crippen molar-refractivity contribution in [3.8, 4) is 0 Å². The van der Waals surface area contributed by atoms with Crippen LogP contribution in [0.1, 0.15) is 25.7 Å². The van der Waals surface area contributed by atoms with Gasteiger partial charge in [0.25, 0.3) is 0 Å². The topological polar surface area (TPSA) is 108 Å². The molecule has 0 spiro atoms. The molecule has 2 fully saturated rings. The number of carbonyl (C=O) groups excluding carboxylic acids is 2. The smallest absolute Gasteiger partial charge is 0.243 e. The van der Waals surface area contributed by atoms with Crippen LogP contribution in [-0.2, 0) is 24.3 Å². The average Bonchev–Trinajstić information content (AvgIpc) is 2.85. The van der Waals surface area contributed by atoms with Crippen molar-refractivity contribution in [3.63, 3.8) is 0 Å². The third-order valence-corrected chi connectivity index (χ3v) is 7.86. The molecule has 0 saturated carbocycles. The maximum atomic E-state index is 13.1. The van der Waals surface area contributed by atoms with Gasteiger partial charge in [-0.3, -0.25) is 14.5 Å². The molecule has 2 aliphatic heterocycles. The summed E-state index contributed by atoms with van der Waals surface area (Å²) in [5, 5.41) is 5.83. The van der Waals surface area contributed by atoms with Gasteiger partial charge in [-0.05, 0) is 31.4 Å². The van der Waals surface area contributed by atoms with Gasteiger partial charge in [0.2, 0.25) is 21.8 Å². The maximum absolute atomic E-state index is 13.1. The van der Waals surface area contributed by atoms with Gasteiger partial charge in [-0.1, -0.05) is 18.2 Å². The number of hydrogen-bond donors (Lipinski definition) is 2. The molecule has 0 aliphatic carbocycles. The molecule has 2 heterocycles. The van der Waals surface area contributed by atoms with Gasteiger partial charge >= 0.3 is 0 Å².